The quantitative estimate of drug-likeness (QED) is 0.668. The molecule has 0 bridgehead atoms. The van der Waals surface area contributed by atoms with E-state index in [-0.39, 0.29) is 17.9 Å². The standard InChI is InChI=1S/C11H19NO3.C3H8/c1-8-7-9(13)5-6-12(8)10(14)15-11(2,3)4;1-3-2/h8H,5-7H2,1-4H3;3H2,1-2H3. The molecule has 1 aliphatic heterocycles. The molecule has 1 saturated heterocycles. The molecule has 1 aliphatic rings. The zero-order valence-corrected chi connectivity index (χ0v) is 12.6. The highest BCUT2D eigenvalue weighted by Crippen LogP contribution is 2.17. The molecule has 1 unspecified atom stereocenters. The highest BCUT2D eigenvalue weighted by atomic mass is 16.6. The van der Waals surface area contributed by atoms with Crippen molar-refractivity contribution < 1.29 is 14.3 Å². The van der Waals surface area contributed by atoms with E-state index in [0.717, 1.165) is 0 Å². The lowest BCUT2D eigenvalue weighted by Crippen LogP contribution is -2.46. The van der Waals surface area contributed by atoms with Crippen LogP contribution in [0.4, 0.5) is 4.79 Å². The summed E-state index contributed by atoms with van der Waals surface area (Å²) in [5.74, 6) is 0.224. The molecule has 0 aliphatic carbocycles. The molecule has 106 valence electrons. The van der Waals surface area contributed by atoms with Crippen molar-refractivity contribution in [3.05, 3.63) is 0 Å². The van der Waals surface area contributed by atoms with E-state index in [4.69, 9.17) is 4.74 Å². The van der Waals surface area contributed by atoms with Crippen molar-refractivity contribution in [2.45, 2.75) is 72.4 Å². The van der Waals surface area contributed by atoms with E-state index in [9.17, 15) is 9.59 Å². The number of ether oxygens (including phenoxy) is 1. The predicted octanol–water partition coefficient (Wildman–Crippen LogP) is 3.39. The molecule has 0 aromatic carbocycles. The van der Waals surface area contributed by atoms with Crippen LogP contribution in [0.1, 0.15) is 60.8 Å². The van der Waals surface area contributed by atoms with Gasteiger partial charge in [-0.15, -0.1) is 0 Å². The van der Waals surface area contributed by atoms with Crippen LogP contribution in [0.2, 0.25) is 0 Å². The Hall–Kier alpha value is -1.06. The minimum Gasteiger partial charge on any atom is -0.444 e. The van der Waals surface area contributed by atoms with Crippen LogP contribution in [0.25, 0.3) is 0 Å². The van der Waals surface area contributed by atoms with Gasteiger partial charge in [-0.25, -0.2) is 4.79 Å². The predicted molar refractivity (Wildman–Crippen MR) is 72.6 cm³/mol. The van der Waals surface area contributed by atoms with E-state index >= 15 is 0 Å². The van der Waals surface area contributed by atoms with Crippen molar-refractivity contribution in [2.24, 2.45) is 0 Å². The number of hydrogen-bond donors (Lipinski definition) is 0. The van der Waals surface area contributed by atoms with Crippen molar-refractivity contribution in [2.75, 3.05) is 6.54 Å². The van der Waals surface area contributed by atoms with Gasteiger partial charge in [0.1, 0.15) is 11.4 Å². The highest BCUT2D eigenvalue weighted by Gasteiger charge is 2.30. The van der Waals surface area contributed by atoms with Gasteiger partial charge in [0.15, 0.2) is 0 Å². The van der Waals surface area contributed by atoms with Gasteiger partial charge in [0, 0.05) is 25.4 Å². The molecule has 1 fully saturated rings. The summed E-state index contributed by atoms with van der Waals surface area (Å²) < 4.78 is 5.26. The van der Waals surface area contributed by atoms with Crippen LogP contribution in [0, 0.1) is 0 Å². The third-order valence-corrected chi connectivity index (χ3v) is 2.31. The van der Waals surface area contributed by atoms with E-state index < -0.39 is 5.60 Å². The summed E-state index contributed by atoms with van der Waals surface area (Å²) in [5, 5.41) is 0. The van der Waals surface area contributed by atoms with Gasteiger partial charge in [0.2, 0.25) is 0 Å². The van der Waals surface area contributed by atoms with Crippen molar-refractivity contribution in [3.8, 4) is 0 Å². The van der Waals surface area contributed by atoms with E-state index in [1.54, 1.807) is 4.90 Å². The Morgan fingerprint density at radius 1 is 1.39 bits per heavy atom. The third kappa shape index (κ3) is 6.62. The van der Waals surface area contributed by atoms with Crippen LogP contribution < -0.4 is 0 Å². The van der Waals surface area contributed by atoms with Crippen molar-refractivity contribution in [1.29, 1.82) is 0 Å². The Kier molecular flexibility index (Phi) is 6.96. The number of nitrogens with zero attached hydrogens (tertiary/aromatic N) is 1. The minimum absolute atomic E-state index is 0.0406. The minimum atomic E-state index is -0.474. The summed E-state index contributed by atoms with van der Waals surface area (Å²) >= 11 is 0. The maximum absolute atomic E-state index is 11.7. The third-order valence-electron chi connectivity index (χ3n) is 2.31. The molecule has 1 heterocycles. The van der Waals surface area contributed by atoms with Crippen LogP contribution in [0.5, 0.6) is 0 Å². The lowest BCUT2D eigenvalue weighted by atomic mass is 10.0. The molecule has 0 aromatic heterocycles. The first-order valence-electron chi connectivity index (χ1n) is 6.72. The Labute approximate surface area is 111 Å². The maximum atomic E-state index is 11.7. The fourth-order valence-corrected chi connectivity index (χ4v) is 1.60. The van der Waals surface area contributed by atoms with E-state index in [1.165, 1.54) is 6.42 Å². The van der Waals surface area contributed by atoms with Crippen LogP contribution in [-0.2, 0) is 9.53 Å². The van der Waals surface area contributed by atoms with E-state index in [0.29, 0.717) is 19.4 Å². The number of carbonyl (C=O) groups is 2. The lowest BCUT2D eigenvalue weighted by Gasteiger charge is -2.34. The summed E-state index contributed by atoms with van der Waals surface area (Å²) in [5.41, 5.74) is -0.474. The summed E-state index contributed by atoms with van der Waals surface area (Å²) in [4.78, 5) is 24.5. The monoisotopic (exact) mass is 257 g/mol. The lowest BCUT2D eigenvalue weighted by molar-refractivity contribution is -0.122. The normalized spacial score (nSPS) is 20.0. The summed E-state index contributed by atoms with van der Waals surface area (Å²) in [6.07, 6.45) is 1.82. The number of carbonyl (C=O) groups excluding carboxylic acids is 2. The van der Waals surface area contributed by atoms with Gasteiger partial charge in [-0.3, -0.25) is 4.79 Å². The second-order valence-electron chi connectivity index (χ2n) is 5.72. The fraction of sp³-hybridized carbons (Fsp3) is 0.857. The number of hydrogen-bond acceptors (Lipinski definition) is 3. The Bertz CT molecular complexity index is 281. The number of rotatable bonds is 0. The van der Waals surface area contributed by atoms with Gasteiger partial charge in [0.25, 0.3) is 0 Å². The molecule has 1 rings (SSSR count). The second-order valence-corrected chi connectivity index (χ2v) is 5.72. The number of piperidine rings is 1. The Morgan fingerprint density at radius 2 is 1.89 bits per heavy atom. The van der Waals surface area contributed by atoms with Crippen molar-refractivity contribution in [3.63, 3.8) is 0 Å². The fourth-order valence-electron chi connectivity index (χ4n) is 1.60. The van der Waals surface area contributed by atoms with Gasteiger partial charge in [-0.05, 0) is 27.7 Å². The van der Waals surface area contributed by atoms with Crippen LogP contribution >= 0.6 is 0 Å². The average molecular weight is 257 g/mol. The smallest absolute Gasteiger partial charge is 0.410 e. The number of likely N-dealkylation sites (tertiary alicyclic amines) is 1. The molecular formula is C14H27NO3. The number of ketones is 1. The molecule has 0 spiro atoms. The molecule has 4 nitrogen and oxygen atoms in total. The van der Waals surface area contributed by atoms with Gasteiger partial charge in [-0.2, -0.15) is 0 Å². The van der Waals surface area contributed by atoms with Gasteiger partial charge in [-0.1, -0.05) is 20.3 Å². The summed E-state index contributed by atoms with van der Waals surface area (Å²) in [6.45, 7) is 12.1. The van der Waals surface area contributed by atoms with Gasteiger partial charge in [0.05, 0.1) is 0 Å². The molecule has 18 heavy (non-hydrogen) atoms. The maximum Gasteiger partial charge on any atom is 0.410 e. The van der Waals surface area contributed by atoms with Gasteiger partial charge < -0.3 is 9.64 Å². The largest absolute Gasteiger partial charge is 0.444 e. The molecule has 0 N–H and O–H groups in total. The topological polar surface area (TPSA) is 46.6 Å². The Morgan fingerprint density at radius 3 is 2.28 bits per heavy atom. The van der Waals surface area contributed by atoms with E-state index in [2.05, 4.69) is 13.8 Å². The molecular weight excluding hydrogens is 230 g/mol. The molecule has 0 aromatic rings. The zero-order valence-electron chi connectivity index (χ0n) is 12.6. The number of Topliss-reactive ketones (excluding diaryl/α,β-unsaturated/α-hetero) is 1. The average Bonchev–Trinajstić information content (AvgIpc) is 2.15. The summed E-state index contributed by atoms with van der Waals surface area (Å²) in [6, 6.07) is -0.0406. The van der Waals surface area contributed by atoms with Crippen LogP contribution in [-0.4, -0.2) is 35.0 Å². The van der Waals surface area contributed by atoms with Gasteiger partial charge >= 0.3 is 6.09 Å². The van der Waals surface area contributed by atoms with Crippen molar-refractivity contribution >= 4 is 11.9 Å². The summed E-state index contributed by atoms with van der Waals surface area (Å²) in [7, 11) is 0. The first-order chi connectivity index (χ1) is 8.21. The molecule has 1 atom stereocenters. The first kappa shape index (κ1) is 16.9. The second kappa shape index (κ2) is 7.39. The molecule has 0 radical (unpaired) electrons. The molecule has 4 heteroatoms. The molecule has 0 saturated carbocycles. The zero-order chi connectivity index (χ0) is 14.3. The first-order valence-corrected chi connectivity index (χ1v) is 6.72. The highest BCUT2D eigenvalue weighted by molar-refractivity contribution is 5.82. The molecule has 1 amide bonds. The van der Waals surface area contributed by atoms with E-state index in [1.807, 2.05) is 27.7 Å². The van der Waals surface area contributed by atoms with Crippen LogP contribution in [0.3, 0.4) is 0 Å². The Balaban J connectivity index is 0.000000873. The number of amides is 1. The van der Waals surface area contributed by atoms with Crippen LogP contribution in [0.15, 0.2) is 0 Å². The SMILES string of the molecule is CC1CC(=O)CCN1C(=O)OC(C)(C)C.CCC. The van der Waals surface area contributed by atoms with Crippen molar-refractivity contribution in [1.82, 2.24) is 4.90 Å².